The first-order valence-electron chi connectivity index (χ1n) is 7.67. The molecule has 1 aromatic carbocycles. The van der Waals surface area contributed by atoms with E-state index in [0.29, 0.717) is 12.2 Å². The van der Waals surface area contributed by atoms with Crippen LogP contribution in [-0.4, -0.2) is 38.2 Å². The summed E-state index contributed by atoms with van der Waals surface area (Å²) in [5.41, 5.74) is 1.25. The van der Waals surface area contributed by atoms with Crippen molar-refractivity contribution in [2.45, 2.75) is 32.9 Å². The maximum atomic E-state index is 12.7. The molecule has 0 aliphatic carbocycles. The molecule has 2 aromatic rings. The van der Waals surface area contributed by atoms with Gasteiger partial charge in [-0.05, 0) is 37.6 Å². The van der Waals surface area contributed by atoms with Gasteiger partial charge in [-0.2, -0.15) is 5.10 Å². The SMILES string of the molecule is CC(C)n1ccc(C(=O)N(CCC(=O)O)Cc2cccc(Br)c2)n1. The summed E-state index contributed by atoms with van der Waals surface area (Å²) in [6.45, 7) is 4.42. The van der Waals surface area contributed by atoms with Crippen LogP contribution in [0.25, 0.3) is 0 Å². The van der Waals surface area contributed by atoms with Gasteiger partial charge >= 0.3 is 5.97 Å². The molecule has 1 aromatic heterocycles. The van der Waals surface area contributed by atoms with Gasteiger partial charge in [0, 0.05) is 29.8 Å². The van der Waals surface area contributed by atoms with Gasteiger partial charge in [-0.15, -0.1) is 0 Å². The van der Waals surface area contributed by atoms with Crippen molar-refractivity contribution in [2.24, 2.45) is 0 Å². The molecule has 24 heavy (non-hydrogen) atoms. The van der Waals surface area contributed by atoms with Crippen LogP contribution in [0.5, 0.6) is 0 Å². The Hall–Kier alpha value is -2.15. The molecule has 128 valence electrons. The molecule has 0 unspecified atom stereocenters. The van der Waals surface area contributed by atoms with Crippen LogP contribution in [0.3, 0.4) is 0 Å². The first-order chi connectivity index (χ1) is 11.4. The monoisotopic (exact) mass is 393 g/mol. The lowest BCUT2D eigenvalue weighted by Crippen LogP contribution is -2.33. The summed E-state index contributed by atoms with van der Waals surface area (Å²) < 4.78 is 2.62. The Labute approximate surface area is 149 Å². The number of carboxylic acids is 1. The number of amides is 1. The molecule has 2 rings (SSSR count). The lowest BCUT2D eigenvalue weighted by molar-refractivity contribution is -0.137. The normalized spacial score (nSPS) is 10.8. The van der Waals surface area contributed by atoms with Gasteiger partial charge in [0.05, 0.1) is 6.42 Å². The van der Waals surface area contributed by atoms with E-state index in [4.69, 9.17) is 5.11 Å². The highest BCUT2D eigenvalue weighted by atomic mass is 79.9. The average molecular weight is 394 g/mol. The second-order valence-electron chi connectivity index (χ2n) is 5.78. The van der Waals surface area contributed by atoms with Gasteiger partial charge in [-0.3, -0.25) is 14.3 Å². The van der Waals surface area contributed by atoms with Crippen molar-refractivity contribution in [3.63, 3.8) is 0 Å². The Morgan fingerprint density at radius 3 is 2.67 bits per heavy atom. The lowest BCUT2D eigenvalue weighted by atomic mass is 10.2. The van der Waals surface area contributed by atoms with Gasteiger partial charge in [0.1, 0.15) is 5.69 Å². The number of rotatable bonds is 7. The van der Waals surface area contributed by atoms with Crippen LogP contribution in [0.2, 0.25) is 0 Å². The lowest BCUT2D eigenvalue weighted by Gasteiger charge is -2.21. The smallest absolute Gasteiger partial charge is 0.305 e. The van der Waals surface area contributed by atoms with Crippen molar-refractivity contribution < 1.29 is 14.7 Å². The van der Waals surface area contributed by atoms with E-state index in [1.807, 2.05) is 38.1 Å². The number of hydrogen-bond donors (Lipinski definition) is 1. The van der Waals surface area contributed by atoms with E-state index in [9.17, 15) is 9.59 Å². The van der Waals surface area contributed by atoms with Crippen LogP contribution in [0.15, 0.2) is 41.0 Å². The molecule has 1 N–H and O–H groups in total. The van der Waals surface area contributed by atoms with Crippen LogP contribution < -0.4 is 0 Å². The molecule has 7 heteroatoms. The maximum Gasteiger partial charge on any atom is 0.305 e. The Kier molecular flexibility index (Phi) is 6.14. The quantitative estimate of drug-likeness (QED) is 0.782. The molecule has 0 aliphatic rings. The Balaban J connectivity index is 2.20. The third-order valence-electron chi connectivity index (χ3n) is 3.50. The number of carbonyl (C=O) groups is 2. The zero-order valence-electron chi connectivity index (χ0n) is 13.6. The molecule has 0 spiro atoms. The van der Waals surface area contributed by atoms with Crippen LogP contribution in [0.4, 0.5) is 0 Å². The number of aliphatic carboxylic acids is 1. The molecule has 6 nitrogen and oxygen atoms in total. The molecule has 0 bridgehead atoms. The van der Waals surface area contributed by atoms with E-state index in [0.717, 1.165) is 10.0 Å². The second-order valence-corrected chi connectivity index (χ2v) is 6.69. The Morgan fingerprint density at radius 1 is 1.33 bits per heavy atom. The molecular weight excluding hydrogens is 374 g/mol. The van der Waals surface area contributed by atoms with Crippen molar-refractivity contribution in [1.29, 1.82) is 0 Å². The zero-order valence-corrected chi connectivity index (χ0v) is 15.2. The van der Waals surface area contributed by atoms with Crippen LogP contribution in [0, 0.1) is 0 Å². The topological polar surface area (TPSA) is 75.4 Å². The molecule has 1 heterocycles. The molecule has 0 saturated carbocycles. The predicted octanol–water partition coefficient (Wildman–Crippen LogP) is 3.34. The fourth-order valence-corrected chi connectivity index (χ4v) is 2.69. The van der Waals surface area contributed by atoms with Crippen LogP contribution >= 0.6 is 15.9 Å². The first kappa shape index (κ1) is 18.2. The van der Waals surface area contributed by atoms with E-state index in [1.165, 1.54) is 4.90 Å². The van der Waals surface area contributed by atoms with Crippen molar-refractivity contribution in [1.82, 2.24) is 14.7 Å². The molecule has 0 fully saturated rings. The van der Waals surface area contributed by atoms with E-state index in [2.05, 4.69) is 21.0 Å². The summed E-state index contributed by atoms with van der Waals surface area (Å²) in [6, 6.07) is 9.41. The largest absolute Gasteiger partial charge is 0.481 e. The first-order valence-corrected chi connectivity index (χ1v) is 8.47. The van der Waals surface area contributed by atoms with Crippen LogP contribution in [-0.2, 0) is 11.3 Å². The highest BCUT2D eigenvalue weighted by Crippen LogP contribution is 2.15. The van der Waals surface area contributed by atoms with E-state index in [-0.39, 0.29) is 24.9 Å². The summed E-state index contributed by atoms with van der Waals surface area (Å²) in [7, 11) is 0. The van der Waals surface area contributed by atoms with Gasteiger partial charge < -0.3 is 10.0 Å². The summed E-state index contributed by atoms with van der Waals surface area (Å²) in [4.78, 5) is 25.1. The molecule has 0 saturated heterocycles. The van der Waals surface area contributed by atoms with E-state index in [1.54, 1.807) is 16.9 Å². The van der Waals surface area contributed by atoms with E-state index >= 15 is 0 Å². The number of carbonyl (C=O) groups excluding carboxylic acids is 1. The third kappa shape index (κ3) is 4.92. The van der Waals surface area contributed by atoms with Gasteiger partial charge in [-0.25, -0.2) is 0 Å². The molecule has 0 aliphatic heterocycles. The fraction of sp³-hybridized carbons (Fsp3) is 0.353. The Bertz CT molecular complexity index is 727. The van der Waals surface area contributed by atoms with Crippen molar-refractivity contribution in [3.05, 3.63) is 52.3 Å². The average Bonchev–Trinajstić information content (AvgIpc) is 3.01. The standard InChI is InChI=1S/C17H20BrN3O3/c1-12(2)21-9-6-15(19-21)17(24)20(8-7-16(22)23)11-13-4-3-5-14(18)10-13/h3-6,9-10,12H,7-8,11H2,1-2H3,(H,22,23). The molecule has 1 amide bonds. The fourth-order valence-electron chi connectivity index (χ4n) is 2.24. The third-order valence-corrected chi connectivity index (χ3v) is 4.00. The number of nitrogens with zero attached hydrogens (tertiary/aromatic N) is 3. The predicted molar refractivity (Wildman–Crippen MR) is 93.7 cm³/mol. The minimum Gasteiger partial charge on any atom is -0.481 e. The molecule has 0 radical (unpaired) electrons. The van der Waals surface area contributed by atoms with Crippen molar-refractivity contribution in [3.8, 4) is 0 Å². The van der Waals surface area contributed by atoms with Gasteiger partial charge in [0.25, 0.3) is 5.91 Å². The summed E-state index contributed by atoms with van der Waals surface area (Å²) >= 11 is 3.40. The molecular formula is C17H20BrN3O3. The van der Waals surface area contributed by atoms with Gasteiger partial charge in [-0.1, -0.05) is 28.1 Å². The number of halogens is 1. The highest BCUT2D eigenvalue weighted by molar-refractivity contribution is 9.10. The highest BCUT2D eigenvalue weighted by Gasteiger charge is 2.20. The minimum absolute atomic E-state index is 0.107. The summed E-state index contributed by atoms with van der Waals surface area (Å²) in [6.07, 6.45) is 1.65. The number of hydrogen-bond acceptors (Lipinski definition) is 3. The van der Waals surface area contributed by atoms with Gasteiger partial charge in [0.2, 0.25) is 0 Å². The zero-order chi connectivity index (χ0) is 17.7. The minimum atomic E-state index is -0.935. The second kappa shape index (κ2) is 8.10. The summed E-state index contributed by atoms with van der Waals surface area (Å²) in [5, 5.41) is 13.2. The molecule has 0 atom stereocenters. The van der Waals surface area contributed by atoms with Crippen LogP contribution in [0.1, 0.15) is 42.4 Å². The van der Waals surface area contributed by atoms with Gasteiger partial charge in [0.15, 0.2) is 0 Å². The number of aromatic nitrogens is 2. The van der Waals surface area contributed by atoms with Crippen molar-refractivity contribution >= 4 is 27.8 Å². The Morgan fingerprint density at radius 2 is 2.08 bits per heavy atom. The van der Waals surface area contributed by atoms with E-state index < -0.39 is 5.97 Å². The summed E-state index contributed by atoms with van der Waals surface area (Å²) in [5.74, 6) is -1.20. The number of carboxylic acid groups (broad SMARTS) is 1. The number of benzene rings is 1. The maximum absolute atomic E-state index is 12.7. The van der Waals surface area contributed by atoms with Crippen molar-refractivity contribution in [2.75, 3.05) is 6.54 Å².